The van der Waals surface area contributed by atoms with E-state index in [1.807, 2.05) is 0 Å². The molecule has 3 heteroatoms. The van der Waals surface area contributed by atoms with E-state index in [-0.39, 0.29) is 25.9 Å². The molecule has 22 heavy (non-hydrogen) atoms. The van der Waals surface area contributed by atoms with Gasteiger partial charge in [-0.05, 0) is 31.6 Å². The van der Waals surface area contributed by atoms with Crippen LogP contribution in [0.1, 0.15) is 76.7 Å². The maximum absolute atomic E-state index is 5.30. The zero-order valence-corrected chi connectivity index (χ0v) is 15.9. The van der Waals surface area contributed by atoms with Gasteiger partial charge in [0.2, 0.25) is 0 Å². The predicted molar refractivity (Wildman–Crippen MR) is 103 cm³/mol. The van der Waals surface area contributed by atoms with Gasteiger partial charge in [0.25, 0.3) is 0 Å². The van der Waals surface area contributed by atoms with Crippen LogP contribution in [0.15, 0.2) is 0 Å². The van der Waals surface area contributed by atoms with E-state index in [9.17, 15) is 0 Å². The van der Waals surface area contributed by atoms with Crippen LogP contribution in [0, 0.1) is 11.3 Å². The highest BCUT2D eigenvalue weighted by atomic mass is 16.5. The quantitative estimate of drug-likeness (QED) is 0.615. The molecule has 0 aliphatic rings. The highest BCUT2D eigenvalue weighted by Crippen LogP contribution is 2.31. The highest BCUT2D eigenvalue weighted by molar-refractivity contribution is 4.82. The lowest BCUT2D eigenvalue weighted by Gasteiger charge is -2.37. The van der Waals surface area contributed by atoms with Crippen LogP contribution in [0.25, 0.3) is 0 Å². The fourth-order valence-corrected chi connectivity index (χ4v) is 0.844. The summed E-state index contributed by atoms with van der Waals surface area (Å²) in [7, 11) is 5.19. The zero-order valence-electron chi connectivity index (χ0n) is 15.9. The Morgan fingerprint density at radius 3 is 1.23 bits per heavy atom. The molecule has 0 rings (SSSR count). The summed E-state index contributed by atoms with van der Waals surface area (Å²) in [6, 6.07) is 0. The minimum atomic E-state index is -0.0208. The molecule has 0 saturated carbocycles. The van der Waals surface area contributed by atoms with Gasteiger partial charge in [0.15, 0.2) is 0 Å². The molecule has 0 bridgehead atoms. The Bertz CT molecular complexity index is 180. The molecule has 0 aromatic carbocycles. The first kappa shape index (κ1) is 33.5. The first-order chi connectivity index (χ1) is 8.99. The van der Waals surface area contributed by atoms with Gasteiger partial charge in [-0.15, -0.1) is 0 Å². The molecule has 0 atom stereocenters. The van der Waals surface area contributed by atoms with Crippen molar-refractivity contribution < 1.29 is 14.2 Å². The third kappa shape index (κ3) is 24.9. The number of ether oxygens (including phenoxy) is 3. The molecule has 0 aromatic heterocycles. The van der Waals surface area contributed by atoms with Crippen molar-refractivity contribution in [2.24, 2.45) is 11.3 Å². The van der Waals surface area contributed by atoms with Gasteiger partial charge in [0.05, 0.1) is 5.60 Å². The van der Waals surface area contributed by atoms with E-state index in [1.54, 1.807) is 21.3 Å². The molecule has 0 fully saturated rings. The molecular formula is C19H48O3. The summed E-state index contributed by atoms with van der Waals surface area (Å²) in [5.41, 5.74) is 0.203. The Labute approximate surface area is 143 Å². The molecule has 0 amide bonds. The minimum absolute atomic E-state index is 0. The topological polar surface area (TPSA) is 27.7 Å². The number of hydrogen-bond donors (Lipinski definition) is 0. The van der Waals surface area contributed by atoms with Crippen LogP contribution in [0.4, 0.5) is 0 Å². The molecule has 0 spiro atoms. The second-order valence-corrected chi connectivity index (χ2v) is 6.81. The van der Waals surface area contributed by atoms with E-state index >= 15 is 0 Å². The average Bonchev–Trinajstić information content (AvgIpc) is 2.30. The molecule has 142 valence electrons. The van der Waals surface area contributed by atoms with Crippen molar-refractivity contribution in [3.05, 3.63) is 0 Å². The van der Waals surface area contributed by atoms with Crippen molar-refractivity contribution in [3.63, 3.8) is 0 Å². The van der Waals surface area contributed by atoms with E-state index < -0.39 is 0 Å². The maximum Gasteiger partial charge on any atom is 0.0670 e. The second-order valence-electron chi connectivity index (χ2n) is 6.81. The summed E-state index contributed by atoms with van der Waals surface area (Å²) in [6.07, 6.45) is 1.12. The monoisotopic (exact) mass is 324 g/mol. The average molecular weight is 325 g/mol. The van der Waals surface area contributed by atoms with Crippen LogP contribution in [-0.2, 0) is 14.2 Å². The Morgan fingerprint density at radius 1 is 0.818 bits per heavy atom. The fourth-order valence-electron chi connectivity index (χ4n) is 0.844. The number of hydrogen-bond acceptors (Lipinski definition) is 3. The lowest BCUT2D eigenvalue weighted by molar-refractivity contribution is -0.0620. The molecule has 0 aliphatic heterocycles. The Balaban J connectivity index is -0.0000000659. The lowest BCUT2D eigenvalue weighted by atomic mass is 9.79. The summed E-state index contributed by atoms with van der Waals surface area (Å²) in [6.45, 7) is 18.8. The van der Waals surface area contributed by atoms with Crippen molar-refractivity contribution in [1.29, 1.82) is 0 Å². The summed E-state index contributed by atoms with van der Waals surface area (Å²) >= 11 is 0. The molecule has 0 radical (unpaired) electrons. The maximum atomic E-state index is 5.30. The largest absolute Gasteiger partial charge is 0.385 e. The second kappa shape index (κ2) is 18.9. The van der Waals surface area contributed by atoms with Gasteiger partial charge < -0.3 is 14.2 Å². The van der Waals surface area contributed by atoms with Gasteiger partial charge in [0, 0.05) is 34.5 Å². The zero-order chi connectivity index (χ0) is 16.8. The molecule has 0 saturated heterocycles. The van der Waals surface area contributed by atoms with E-state index in [2.05, 4.69) is 55.4 Å². The first-order valence-electron chi connectivity index (χ1n) is 7.53. The third-order valence-corrected chi connectivity index (χ3v) is 3.22. The van der Waals surface area contributed by atoms with Gasteiger partial charge >= 0.3 is 0 Å². The highest BCUT2D eigenvalue weighted by Gasteiger charge is 2.32. The van der Waals surface area contributed by atoms with Crippen LogP contribution in [0.5, 0.6) is 0 Å². The standard InChI is InChI=1S/C8H18O.C5H12O.C4H10O.2CH4/c1-7(2,3)8(4,5)9-6;1-5(2)4-6-3;1-3-4-5-2;;/h1-6H3;5H,4H2,1-3H3;3-4H2,1-2H3;2*1H4. The number of methoxy groups -OCH3 is 3. The molecule has 0 N–H and O–H groups in total. The van der Waals surface area contributed by atoms with Gasteiger partial charge in [0.1, 0.15) is 0 Å². The normalized spacial score (nSPS) is 10.4. The summed E-state index contributed by atoms with van der Waals surface area (Å²) < 4.78 is 14.8. The van der Waals surface area contributed by atoms with Crippen LogP contribution >= 0.6 is 0 Å². The van der Waals surface area contributed by atoms with E-state index in [0.717, 1.165) is 19.6 Å². The fraction of sp³-hybridized carbons (Fsp3) is 1.00. The molecule has 0 unspecified atom stereocenters. The predicted octanol–water partition coefficient (Wildman–Crippen LogP) is 6.06. The Kier molecular flexibility index (Phi) is 28.8. The van der Waals surface area contributed by atoms with Gasteiger partial charge in [-0.1, -0.05) is 56.4 Å². The van der Waals surface area contributed by atoms with Crippen LogP contribution in [0.3, 0.4) is 0 Å². The van der Waals surface area contributed by atoms with Crippen molar-refractivity contribution >= 4 is 0 Å². The molecule has 0 heterocycles. The first-order valence-corrected chi connectivity index (χ1v) is 7.53. The van der Waals surface area contributed by atoms with Crippen LogP contribution in [0.2, 0.25) is 0 Å². The van der Waals surface area contributed by atoms with Gasteiger partial charge in [-0.2, -0.15) is 0 Å². The summed E-state index contributed by atoms with van der Waals surface area (Å²) in [5, 5.41) is 0. The summed E-state index contributed by atoms with van der Waals surface area (Å²) in [4.78, 5) is 0. The van der Waals surface area contributed by atoms with E-state index in [1.165, 1.54) is 0 Å². The van der Waals surface area contributed by atoms with Crippen LogP contribution in [-0.4, -0.2) is 40.1 Å². The Morgan fingerprint density at radius 2 is 1.23 bits per heavy atom. The van der Waals surface area contributed by atoms with E-state index in [0.29, 0.717) is 5.92 Å². The summed E-state index contributed by atoms with van der Waals surface area (Å²) in [5.74, 6) is 0.676. The Hall–Kier alpha value is -0.120. The minimum Gasteiger partial charge on any atom is -0.385 e. The molecule has 0 aromatic rings. The van der Waals surface area contributed by atoms with Gasteiger partial charge in [-0.3, -0.25) is 0 Å². The molecule has 3 nitrogen and oxygen atoms in total. The smallest absolute Gasteiger partial charge is 0.0670 e. The van der Waals surface area contributed by atoms with Crippen LogP contribution < -0.4 is 0 Å². The SMILES string of the molecule is C.C.CCCOC.COC(C)(C)C(C)(C)C.COCC(C)C. The van der Waals surface area contributed by atoms with Crippen molar-refractivity contribution in [1.82, 2.24) is 0 Å². The van der Waals surface area contributed by atoms with E-state index in [4.69, 9.17) is 14.2 Å². The van der Waals surface area contributed by atoms with Crippen molar-refractivity contribution in [3.8, 4) is 0 Å². The number of rotatable bonds is 5. The molecular weight excluding hydrogens is 276 g/mol. The third-order valence-electron chi connectivity index (χ3n) is 3.22. The van der Waals surface area contributed by atoms with Crippen molar-refractivity contribution in [2.75, 3.05) is 34.5 Å². The molecule has 0 aliphatic carbocycles. The van der Waals surface area contributed by atoms with Crippen molar-refractivity contribution in [2.45, 2.75) is 82.3 Å². The lowest BCUT2D eigenvalue weighted by Crippen LogP contribution is -2.38. The van der Waals surface area contributed by atoms with Gasteiger partial charge in [-0.25, -0.2) is 0 Å².